The third-order valence-electron chi connectivity index (χ3n) is 1.82. The van der Waals surface area contributed by atoms with Gasteiger partial charge in [0.15, 0.2) is 0 Å². The van der Waals surface area contributed by atoms with Crippen LogP contribution in [0.1, 0.15) is 0 Å². The van der Waals surface area contributed by atoms with E-state index in [0.29, 0.717) is 0 Å². The molecule has 0 atom stereocenters. The van der Waals surface area contributed by atoms with E-state index in [1.807, 2.05) is 13.2 Å². The van der Waals surface area contributed by atoms with Crippen LogP contribution in [0.5, 0.6) is 0 Å². The van der Waals surface area contributed by atoms with Gasteiger partial charge in [0.05, 0.1) is 11.9 Å². The van der Waals surface area contributed by atoms with Crippen LogP contribution in [0.2, 0.25) is 0 Å². The van der Waals surface area contributed by atoms with Crippen molar-refractivity contribution in [2.45, 2.75) is 0 Å². The van der Waals surface area contributed by atoms with E-state index in [1.165, 1.54) is 12.1 Å². The zero-order valence-electron chi connectivity index (χ0n) is 7.74. The summed E-state index contributed by atoms with van der Waals surface area (Å²) in [7, 11) is 1.83. The molecule has 0 amide bonds. The predicted molar refractivity (Wildman–Crippen MR) is 52.9 cm³/mol. The number of hydrogen-bond acceptors (Lipinski definition) is 2. The van der Waals surface area contributed by atoms with Gasteiger partial charge in [0.25, 0.3) is 0 Å². The first-order chi connectivity index (χ1) is 6.74. The van der Waals surface area contributed by atoms with Gasteiger partial charge in [-0.2, -0.15) is 5.10 Å². The number of benzene rings is 1. The average Bonchev–Trinajstić information content (AvgIpc) is 2.51. The highest BCUT2D eigenvalue weighted by molar-refractivity contribution is 5.57. The Morgan fingerprint density at radius 1 is 1.36 bits per heavy atom. The number of aryl methyl sites for hydroxylation is 1. The van der Waals surface area contributed by atoms with Crippen LogP contribution in [0.3, 0.4) is 0 Å². The molecule has 14 heavy (non-hydrogen) atoms. The molecule has 3 nitrogen and oxygen atoms in total. The molecule has 2 rings (SSSR count). The summed E-state index contributed by atoms with van der Waals surface area (Å²) in [6.45, 7) is 0. The summed E-state index contributed by atoms with van der Waals surface area (Å²) in [5, 5.41) is 7.04. The molecule has 0 saturated carbocycles. The molecule has 1 N–H and O–H groups in total. The Morgan fingerprint density at radius 3 is 2.86 bits per heavy atom. The fraction of sp³-hybridized carbons (Fsp3) is 0.100. The minimum Gasteiger partial charge on any atom is -0.353 e. The number of rotatable bonds is 2. The summed E-state index contributed by atoms with van der Waals surface area (Å²) >= 11 is 0. The van der Waals surface area contributed by atoms with Crippen molar-refractivity contribution in [2.24, 2.45) is 7.05 Å². The third kappa shape index (κ3) is 1.90. The second-order valence-electron chi connectivity index (χ2n) is 3.04. The minimum atomic E-state index is -0.251. The standard InChI is InChI=1S/C10H10FN3/c1-14-7-10(6-12-14)13-9-4-2-3-8(11)5-9/h2-7,13H,1H3. The van der Waals surface area contributed by atoms with E-state index in [9.17, 15) is 4.39 Å². The molecule has 0 saturated heterocycles. The van der Waals surface area contributed by atoms with Gasteiger partial charge in [0, 0.05) is 18.9 Å². The van der Waals surface area contributed by atoms with Gasteiger partial charge in [-0.15, -0.1) is 0 Å². The van der Waals surface area contributed by atoms with Crippen molar-refractivity contribution < 1.29 is 4.39 Å². The van der Waals surface area contributed by atoms with Crippen LogP contribution in [-0.2, 0) is 7.05 Å². The van der Waals surface area contributed by atoms with E-state index in [-0.39, 0.29) is 5.82 Å². The lowest BCUT2D eigenvalue weighted by atomic mass is 10.3. The Labute approximate surface area is 81.2 Å². The van der Waals surface area contributed by atoms with Gasteiger partial charge in [0.2, 0.25) is 0 Å². The average molecular weight is 191 g/mol. The monoisotopic (exact) mass is 191 g/mol. The van der Waals surface area contributed by atoms with Crippen LogP contribution in [-0.4, -0.2) is 9.78 Å². The van der Waals surface area contributed by atoms with Gasteiger partial charge < -0.3 is 5.32 Å². The van der Waals surface area contributed by atoms with Crippen molar-refractivity contribution >= 4 is 11.4 Å². The molecule has 1 heterocycles. The Bertz CT molecular complexity index is 436. The van der Waals surface area contributed by atoms with Gasteiger partial charge >= 0.3 is 0 Å². The molecular weight excluding hydrogens is 181 g/mol. The van der Waals surface area contributed by atoms with Gasteiger partial charge in [-0.25, -0.2) is 4.39 Å². The molecule has 1 aromatic carbocycles. The zero-order valence-corrected chi connectivity index (χ0v) is 7.74. The Kier molecular flexibility index (Phi) is 2.18. The lowest BCUT2D eigenvalue weighted by Gasteiger charge is -2.02. The van der Waals surface area contributed by atoms with Crippen LogP contribution in [0, 0.1) is 5.82 Å². The normalized spacial score (nSPS) is 10.1. The summed E-state index contributed by atoms with van der Waals surface area (Å²) < 4.78 is 14.5. The first-order valence-corrected chi connectivity index (χ1v) is 4.25. The fourth-order valence-corrected chi connectivity index (χ4v) is 1.22. The van der Waals surface area contributed by atoms with E-state index in [0.717, 1.165) is 11.4 Å². The number of nitrogens with one attached hydrogen (secondary N) is 1. The highest BCUT2D eigenvalue weighted by Gasteiger charge is 1.97. The molecule has 0 bridgehead atoms. The first-order valence-electron chi connectivity index (χ1n) is 4.25. The summed E-state index contributed by atoms with van der Waals surface area (Å²) in [5.41, 5.74) is 1.57. The molecule has 0 aliphatic carbocycles. The lowest BCUT2D eigenvalue weighted by Crippen LogP contribution is -1.89. The third-order valence-corrected chi connectivity index (χ3v) is 1.82. The van der Waals surface area contributed by atoms with Gasteiger partial charge in [-0.05, 0) is 18.2 Å². The summed E-state index contributed by atoms with van der Waals surface area (Å²) in [6.07, 6.45) is 3.51. The molecule has 0 aliphatic rings. The molecule has 2 aromatic rings. The maximum atomic E-state index is 12.8. The number of aromatic nitrogens is 2. The molecule has 72 valence electrons. The highest BCUT2D eigenvalue weighted by atomic mass is 19.1. The summed E-state index contributed by atoms with van der Waals surface area (Å²) in [6, 6.07) is 6.31. The van der Waals surface area contributed by atoms with E-state index < -0.39 is 0 Å². The highest BCUT2D eigenvalue weighted by Crippen LogP contribution is 2.15. The number of halogens is 1. The lowest BCUT2D eigenvalue weighted by molar-refractivity contribution is 0.628. The van der Waals surface area contributed by atoms with Gasteiger partial charge in [-0.1, -0.05) is 6.07 Å². The van der Waals surface area contributed by atoms with Crippen LogP contribution in [0.4, 0.5) is 15.8 Å². The van der Waals surface area contributed by atoms with Crippen molar-refractivity contribution in [3.05, 3.63) is 42.5 Å². The predicted octanol–water partition coefficient (Wildman–Crippen LogP) is 2.30. The molecule has 0 radical (unpaired) electrons. The molecule has 4 heteroatoms. The van der Waals surface area contributed by atoms with Crippen molar-refractivity contribution in [2.75, 3.05) is 5.32 Å². The minimum absolute atomic E-state index is 0.251. The topological polar surface area (TPSA) is 29.9 Å². The summed E-state index contributed by atoms with van der Waals surface area (Å²) in [4.78, 5) is 0. The fourth-order valence-electron chi connectivity index (χ4n) is 1.22. The quantitative estimate of drug-likeness (QED) is 0.789. The van der Waals surface area contributed by atoms with E-state index in [2.05, 4.69) is 10.4 Å². The zero-order chi connectivity index (χ0) is 9.97. The largest absolute Gasteiger partial charge is 0.353 e. The van der Waals surface area contributed by atoms with Crippen LogP contribution < -0.4 is 5.32 Å². The van der Waals surface area contributed by atoms with Crippen LogP contribution in [0.25, 0.3) is 0 Å². The second-order valence-corrected chi connectivity index (χ2v) is 3.04. The number of anilines is 2. The van der Waals surface area contributed by atoms with Crippen LogP contribution >= 0.6 is 0 Å². The van der Waals surface area contributed by atoms with Crippen molar-refractivity contribution in [1.82, 2.24) is 9.78 Å². The van der Waals surface area contributed by atoms with Crippen molar-refractivity contribution in [3.63, 3.8) is 0 Å². The molecule has 0 unspecified atom stereocenters. The maximum Gasteiger partial charge on any atom is 0.125 e. The first kappa shape index (κ1) is 8.74. The summed E-state index contributed by atoms with van der Waals surface area (Å²) in [5.74, 6) is -0.251. The van der Waals surface area contributed by atoms with Crippen molar-refractivity contribution in [3.8, 4) is 0 Å². The van der Waals surface area contributed by atoms with Crippen LogP contribution in [0.15, 0.2) is 36.7 Å². The van der Waals surface area contributed by atoms with E-state index in [1.54, 1.807) is 23.0 Å². The van der Waals surface area contributed by atoms with E-state index >= 15 is 0 Å². The number of hydrogen-bond donors (Lipinski definition) is 1. The van der Waals surface area contributed by atoms with Gasteiger partial charge in [0.1, 0.15) is 5.82 Å². The SMILES string of the molecule is Cn1cc(Nc2cccc(F)c2)cn1. The second kappa shape index (κ2) is 3.49. The van der Waals surface area contributed by atoms with Gasteiger partial charge in [-0.3, -0.25) is 4.68 Å². The molecular formula is C10H10FN3. The molecule has 0 aliphatic heterocycles. The molecule has 0 fully saturated rings. The number of nitrogens with zero attached hydrogens (tertiary/aromatic N) is 2. The smallest absolute Gasteiger partial charge is 0.125 e. The Balaban J connectivity index is 2.18. The Hall–Kier alpha value is -1.84. The molecule has 0 spiro atoms. The molecule has 1 aromatic heterocycles. The Morgan fingerprint density at radius 2 is 2.21 bits per heavy atom. The maximum absolute atomic E-state index is 12.8. The van der Waals surface area contributed by atoms with E-state index in [4.69, 9.17) is 0 Å². The van der Waals surface area contributed by atoms with Crippen molar-refractivity contribution in [1.29, 1.82) is 0 Å².